The lowest BCUT2D eigenvalue weighted by Crippen LogP contribution is -2.22. The van der Waals surface area contributed by atoms with Crippen molar-refractivity contribution in [1.29, 1.82) is 0 Å². The van der Waals surface area contributed by atoms with Crippen molar-refractivity contribution in [2.24, 2.45) is 0 Å². The zero-order chi connectivity index (χ0) is 22.2. The number of hydrogen-bond donors (Lipinski definition) is 1. The first-order chi connectivity index (χ1) is 15.5. The normalized spacial score (nSPS) is 11.3. The number of aryl methyl sites for hydroxylation is 1. The van der Waals surface area contributed by atoms with Gasteiger partial charge in [-0.15, -0.1) is 0 Å². The third-order valence-corrected chi connectivity index (χ3v) is 5.17. The third kappa shape index (κ3) is 3.48. The van der Waals surface area contributed by atoms with Gasteiger partial charge in [0.25, 0.3) is 5.56 Å². The van der Waals surface area contributed by atoms with Gasteiger partial charge < -0.3 is 14.2 Å². The number of aliphatic hydroxyl groups is 1. The fourth-order valence-electron chi connectivity index (χ4n) is 3.66. The maximum absolute atomic E-state index is 13.7. The summed E-state index contributed by atoms with van der Waals surface area (Å²) in [6.45, 7) is 1.60. The molecule has 0 bridgehead atoms. The highest BCUT2D eigenvalue weighted by Gasteiger charge is 2.19. The highest BCUT2D eigenvalue weighted by molar-refractivity contribution is 5.72. The Morgan fingerprint density at radius 2 is 1.91 bits per heavy atom. The van der Waals surface area contributed by atoms with Gasteiger partial charge >= 0.3 is 0 Å². The molecule has 0 saturated carbocycles. The SMILES string of the molecule is Cc1cccc(-c2noc(Cn3ccn4nc(-c5cccc(F)c5)c(CO)c4c3=O)n2)c1. The molecule has 5 rings (SSSR count). The topological polar surface area (TPSA) is 98.5 Å². The average molecular weight is 431 g/mol. The lowest BCUT2D eigenvalue weighted by atomic mass is 10.1. The van der Waals surface area contributed by atoms with Crippen LogP contribution in [0.25, 0.3) is 28.2 Å². The molecule has 0 spiro atoms. The smallest absolute Gasteiger partial charge is 0.277 e. The molecular formula is C23H18FN5O3. The van der Waals surface area contributed by atoms with Gasteiger partial charge in [0.05, 0.1) is 12.3 Å². The van der Waals surface area contributed by atoms with E-state index in [2.05, 4.69) is 15.2 Å². The van der Waals surface area contributed by atoms with Gasteiger partial charge in [-0.25, -0.2) is 8.91 Å². The highest BCUT2D eigenvalue weighted by Crippen LogP contribution is 2.25. The van der Waals surface area contributed by atoms with Gasteiger partial charge in [-0.05, 0) is 25.1 Å². The summed E-state index contributed by atoms with van der Waals surface area (Å²) in [7, 11) is 0. The van der Waals surface area contributed by atoms with Crippen molar-refractivity contribution in [3.05, 3.63) is 94.1 Å². The maximum atomic E-state index is 13.7. The van der Waals surface area contributed by atoms with Crippen molar-refractivity contribution in [2.75, 3.05) is 0 Å². The van der Waals surface area contributed by atoms with E-state index in [1.54, 1.807) is 24.5 Å². The van der Waals surface area contributed by atoms with Crippen molar-refractivity contribution < 1.29 is 14.0 Å². The first-order valence-electron chi connectivity index (χ1n) is 9.90. The van der Waals surface area contributed by atoms with Crippen LogP contribution in [0.1, 0.15) is 17.0 Å². The van der Waals surface area contributed by atoms with Gasteiger partial charge in [0.15, 0.2) is 0 Å². The second-order valence-corrected chi connectivity index (χ2v) is 7.40. The molecule has 32 heavy (non-hydrogen) atoms. The zero-order valence-electron chi connectivity index (χ0n) is 17.1. The molecule has 160 valence electrons. The maximum Gasteiger partial charge on any atom is 0.277 e. The number of hydrogen-bond acceptors (Lipinski definition) is 6. The monoisotopic (exact) mass is 431 g/mol. The summed E-state index contributed by atoms with van der Waals surface area (Å²) in [5.74, 6) is 0.275. The van der Waals surface area contributed by atoms with E-state index in [1.807, 2.05) is 31.2 Å². The van der Waals surface area contributed by atoms with Crippen LogP contribution in [0.3, 0.4) is 0 Å². The number of aliphatic hydroxyl groups excluding tert-OH is 1. The van der Waals surface area contributed by atoms with Gasteiger partial charge in [0.2, 0.25) is 11.7 Å². The number of aromatic nitrogens is 5. The largest absolute Gasteiger partial charge is 0.392 e. The Kier molecular flexibility index (Phi) is 4.87. The lowest BCUT2D eigenvalue weighted by Gasteiger charge is -2.03. The van der Waals surface area contributed by atoms with Crippen LogP contribution < -0.4 is 5.56 Å². The molecule has 1 N–H and O–H groups in total. The minimum absolute atomic E-state index is 0.0551. The second-order valence-electron chi connectivity index (χ2n) is 7.40. The molecule has 0 fully saturated rings. The molecule has 0 saturated heterocycles. The van der Waals surface area contributed by atoms with Crippen molar-refractivity contribution in [2.45, 2.75) is 20.1 Å². The molecule has 9 heteroatoms. The van der Waals surface area contributed by atoms with Crippen LogP contribution in [0, 0.1) is 12.7 Å². The van der Waals surface area contributed by atoms with E-state index in [0.717, 1.165) is 11.1 Å². The first kappa shape index (κ1) is 19.8. The van der Waals surface area contributed by atoms with Gasteiger partial charge in [-0.1, -0.05) is 41.1 Å². The van der Waals surface area contributed by atoms with Crippen LogP contribution in [-0.2, 0) is 13.2 Å². The fraction of sp³-hybridized carbons (Fsp3) is 0.130. The summed E-state index contributed by atoms with van der Waals surface area (Å²) in [5, 5.41) is 18.3. The van der Waals surface area contributed by atoms with Crippen LogP contribution >= 0.6 is 0 Å². The van der Waals surface area contributed by atoms with Crippen LogP contribution in [0.15, 0.2) is 70.2 Å². The predicted octanol–water partition coefficient (Wildman–Crippen LogP) is 3.20. The van der Waals surface area contributed by atoms with Gasteiger partial charge in [-0.3, -0.25) is 4.79 Å². The highest BCUT2D eigenvalue weighted by atomic mass is 19.1. The number of rotatable bonds is 5. The molecule has 3 heterocycles. The van der Waals surface area contributed by atoms with Gasteiger partial charge in [0, 0.05) is 29.1 Å². The minimum Gasteiger partial charge on any atom is -0.392 e. The average Bonchev–Trinajstić information content (AvgIpc) is 3.40. The van der Waals surface area contributed by atoms with Crippen molar-refractivity contribution in [3.63, 3.8) is 0 Å². The van der Waals surface area contributed by atoms with E-state index < -0.39 is 12.4 Å². The quantitative estimate of drug-likeness (QED) is 0.459. The number of benzene rings is 2. The molecule has 8 nitrogen and oxygen atoms in total. The number of nitrogens with zero attached hydrogens (tertiary/aromatic N) is 5. The summed E-state index contributed by atoms with van der Waals surface area (Å²) in [6, 6.07) is 13.6. The van der Waals surface area contributed by atoms with Crippen LogP contribution in [0.4, 0.5) is 4.39 Å². The molecule has 3 aromatic heterocycles. The minimum atomic E-state index is -0.429. The van der Waals surface area contributed by atoms with Crippen LogP contribution in [0.5, 0.6) is 0 Å². The zero-order valence-corrected chi connectivity index (χ0v) is 17.1. The fourth-order valence-corrected chi connectivity index (χ4v) is 3.66. The molecule has 0 aliphatic carbocycles. The van der Waals surface area contributed by atoms with Crippen LogP contribution in [0.2, 0.25) is 0 Å². The van der Waals surface area contributed by atoms with Crippen molar-refractivity contribution in [3.8, 4) is 22.6 Å². The standard InChI is InChI=1S/C23H18FN5O3/c1-14-4-2-6-16(10-14)22-25-19(32-27-22)12-28-8-9-29-21(23(28)31)18(13-30)20(26-29)15-5-3-7-17(24)11-15/h2-11,30H,12-13H2,1H3. The summed E-state index contributed by atoms with van der Waals surface area (Å²) in [5.41, 5.74) is 2.85. The Morgan fingerprint density at radius 3 is 2.69 bits per heavy atom. The summed E-state index contributed by atoms with van der Waals surface area (Å²) < 4.78 is 21.8. The molecule has 0 radical (unpaired) electrons. The predicted molar refractivity (Wildman–Crippen MR) is 114 cm³/mol. The molecule has 5 aromatic rings. The summed E-state index contributed by atoms with van der Waals surface area (Å²) in [4.78, 5) is 17.6. The Morgan fingerprint density at radius 1 is 1.09 bits per heavy atom. The number of fused-ring (bicyclic) bond motifs is 1. The Labute approximate surface area is 181 Å². The van der Waals surface area contributed by atoms with Crippen molar-refractivity contribution in [1.82, 2.24) is 24.3 Å². The molecule has 0 amide bonds. The van der Waals surface area contributed by atoms with E-state index >= 15 is 0 Å². The molecule has 0 aliphatic rings. The van der Waals surface area contributed by atoms with E-state index in [4.69, 9.17) is 4.52 Å². The first-order valence-corrected chi connectivity index (χ1v) is 9.90. The van der Waals surface area contributed by atoms with Gasteiger partial charge in [-0.2, -0.15) is 10.1 Å². The summed E-state index contributed by atoms with van der Waals surface area (Å²) >= 11 is 0. The second kappa shape index (κ2) is 7.86. The molecule has 0 unspecified atom stereocenters. The van der Waals surface area contributed by atoms with Crippen LogP contribution in [-0.4, -0.2) is 29.4 Å². The molecular weight excluding hydrogens is 413 g/mol. The lowest BCUT2D eigenvalue weighted by molar-refractivity contribution is 0.283. The van der Waals surface area contributed by atoms with Crippen molar-refractivity contribution >= 4 is 5.52 Å². The van der Waals surface area contributed by atoms with Gasteiger partial charge in [0.1, 0.15) is 17.9 Å². The Bertz CT molecular complexity index is 1500. The van der Waals surface area contributed by atoms with E-state index in [1.165, 1.54) is 21.2 Å². The summed E-state index contributed by atoms with van der Waals surface area (Å²) in [6.07, 6.45) is 3.14. The van der Waals surface area contributed by atoms with E-state index in [0.29, 0.717) is 22.6 Å². The Balaban J connectivity index is 1.54. The third-order valence-electron chi connectivity index (χ3n) is 5.17. The molecule has 2 aromatic carbocycles. The van der Waals surface area contributed by atoms with E-state index in [-0.39, 0.29) is 23.5 Å². The van der Waals surface area contributed by atoms with E-state index in [9.17, 15) is 14.3 Å². The molecule has 0 aliphatic heterocycles. The molecule has 0 atom stereocenters. The number of halogens is 1. The Hall–Kier alpha value is -4.11.